The first kappa shape index (κ1) is 24.5. The first-order chi connectivity index (χ1) is 15.5. The minimum absolute atomic E-state index is 0.261. The molecule has 0 radical (unpaired) electrons. The predicted molar refractivity (Wildman–Crippen MR) is 121 cm³/mol. The Morgan fingerprint density at radius 2 is 1.56 bits per heavy atom. The number of nitrogens with one attached hydrogen (secondary N) is 2. The van der Waals surface area contributed by atoms with Crippen molar-refractivity contribution >= 4 is 18.0 Å². The third-order valence-electron chi connectivity index (χ3n) is 4.11. The second-order valence-corrected chi connectivity index (χ2v) is 6.32. The molecular weight excluding hydrogens is 414 g/mol. The molecule has 2 aromatic carbocycles. The molecule has 0 fully saturated rings. The van der Waals surface area contributed by atoms with Gasteiger partial charge in [0.2, 0.25) is 5.75 Å². The molecule has 2 rings (SSSR count). The van der Waals surface area contributed by atoms with E-state index in [9.17, 15) is 9.59 Å². The van der Waals surface area contributed by atoms with E-state index >= 15 is 0 Å². The predicted octanol–water partition coefficient (Wildman–Crippen LogP) is 2.77. The molecule has 0 unspecified atom stereocenters. The molecular formula is C23H29N3O6. The summed E-state index contributed by atoms with van der Waals surface area (Å²) in [6.45, 7) is 6.45. The van der Waals surface area contributed by atoms with Crippen LogP contribution in [0.25, 0.3) is 0 Å². The van der Waals surface area contributed by atoms with Gasteiger partial charge in [0.05, 0.1) is 39.7 Å². The van der Waals surface area contributed by atoms with Crippen LogP contribution in [0.3, 0.4) is 0 Å². The smallest absolute Gasteiger partial charge is 0.259 e. The number of amides is 2. The van der Waals surface area contributed by atoms with Gasteiger partial charge in [-0.1, -0.05) is 12.1 Å². The van der Waals surface area contributed by atoms with Gasteiger partial charge in [-0.25, -0.2) is 5.43 Å². The second-order valence-electron chi connectivity index (χ2n) is 6.32. The summed E-state index contributed by atoms with van der Waals surface area (Å²) in [5.74, 6) is 0.928. The van der Waals surface area contributed by atoms with E-state index in [1.165, 1.54) is 6.21 Å². The number of methoxy groups -OCH3 is 1. The number of ether oxygens (including phenoxy) is 4. The summed E-state index contributed by atoms with van der Waals surface area (Å²) in [6, 6.07) is 10.4. The van der Waals surface area contributed by atoms with Gasteiger partial charge in [-0.15, -0.1) is 0 Å². The molecule has 0 saturated heterocycles. The Balaban J connectivity index is 2.03. The van der Waals surface area contributed by atoms with E-state index in [4.69, 9.17) is 18.9 Å². The highest BCUT2D eigenvalue weighted by molar-refractivity contribution is 5.97. The van der Waals surface area contributed by atoms with Gasteiger partial charge in [0.15, 0.2) is 11.5 Å². The van der Waals surface area contributed by atoms with Gasteiger partial charge in [-0.3, -0.25) is 9.59 Å². The van der Waals surface area contributed by atoms with Gasteiger partial charge in [0.1, 0.15) is 5.75 Å². The normalized spacial score (nSPS) is 10.5. The van der Waals surface area contributed by atoms with Crippen LogP contribution in [0.5, 0.6) is 23.0 Å². The molecule has 2 amide bonds. The van der Waals surface area contributed by atoms with Crippen LogP contribution in [0.1, 0.15) is 36.7 Å². The summed E-state index contributed by atoms with van der Waals surface area (Å²) in [7, 11) is 1.55. The molecule has 0 aromatic heterocycles. The fraction of sp³-hybridized carbons (Fsp3) is 0.348. The summed E-state index contributed by atoms with van der Waals surface area (Å²) < 4.78 is 22.1. The van der Waals surface area contributed by atoms with E-state index in [2.05, 4.69) is 15.8 Å². The summed E-state index contributed by atoms with van der Waals surface area (Å²) in [4.78, 5) is 24.7. The average Bonchev–Trinajstić information content (AvgIpc) is 2.80. The molecule has 32 heavy (non-hydrogen) atoms. The molecule has 0 aliphatic carbocycles. The highest BCUT2D eigenvalue weighted by Crippen LogP contribution is 2.39. The summed E-state index contributed by atoms with van der Waals surface area (Å²) >= 11 is 0. The number of hydrogen-bond donors (Lipinski definition) is 2. The zero-order valence-corrected chi connectivity index (χ0v) is 18.8. The zero-order chi connectivity index (χ0) is 23.3. The number of nitrogens with zero attached hydrogens (tertiary/aromatic N) is 1. The fourth-order valence-electron chi connectivity index (χ4n) is 2.77. The topological polar surface area (TPSA) is 107 Å². The van der Waals surface area contributed by atoms with E-state index in [1.54, 1.807) is 31.4 Å². The Kier molecular flexibility index (Phi) is 9.83. The monoisotopic (exact) mass is 443 g/mol. The number of hydrazone groups is 1. The van der Waals surface area contributed by atoms with Crippen molar-refractivity contribution in [1.29, 1.82) is 0 Å². The van der Waals surface area contributed by atoms with Crippen molar-refractivity contribution < 1.29 is 28.5 Å². The lowest BCUT2D eigenvalue weighted by Crippen LogP contribution is -2.35. The molecule has 2 aromatic rings. The van der Waals surface area contributed by atoms with Crippen LogP contribution in [0.4, 0.5) is 0 Å². The second kappa shape index (κ2) is 12.8. The molecule has 0 spiro atoms. The van der Waals surface area contributed by atoms with Crippen molar-refractivity contribution in [3.63, 3.8) is 0 Å². The Morgan fingerprint density at radius 3 is 2.16 bits per heavy atom. The Labute approximate surface area is 187 Å². The Hall–Kier alpha value is -3.75. The number of carbonyl (C=O) groups is 2. The number of benzene rings is 2. The van der Waals surface area contributed by atoms with E-state index in [0.717, 1.165) is 0 Å². The van der Waals surface area contributed by atoms with Crippen LogP contribution >= 0.6 is 0 Å². The molecule has 0 bridgehead atoms. The Morgan fingerprint density at radius 1 is 0.938 bits per heavy atom. The quantitative estimate of drug-likeness (QED) is 0.386. The van der Waals surface area contributed by atoms with Crippen LogP contribution in [0.2, 0.25) is 0 Å². The molecule has 0 aliphatic heterocycles. The summed E-state index contributed by atoms with van der Waals surface area (Å²) in [5.41, 5.74) is 3.36. The lowest BCUT2D eigenvalue weighted by Gasteiger charge is -2.17. The molecule has 0 aliphatic rings. The maximum atomic E-state index is 12.6. The van der Waals surface area contributed by atoms with Gasteiger partial charge in [-0.05, 0) is 45.0 Å². The third-order valence-corrected chi connectivity index (χ3v) is 4.11. The molecule has 2 N–H and O–H groups in total. The van der Waals surface area contributed by atoms with Crippen molar-refractivity contribution in [3.8, 4) is 23.0 Å². The lowest BCUT2D eigenvalue weighted by atomic mass is 10.1. The standard InChI is InChI=1S/C23H29N3O6/c1-5-30-19-12-17(13-20(31-6-2)22(19)32-7-3)23(28)24-15-21(27)26-25-14-16-10-8-9-11-18(16)29-4/h8-14H,5-7,15H2,1-4H3,(H,24,28)(H,26,27). The van der Waals surface area contributed by atoms with Gasteiger partial charge in [0, 0.05) is 11.1 Å². The number of carbonyl (C=O) groups excluding carboxylic acids is 2. The first-order valence-electron chi connectivity index (χ1n) is 10.3. The minimum Gasteiger partial charge on any atom is -0.496 e. The number of rotatable bonds is 12. The SMILES string of the molecule is CCOc1cc(C(=O)NCC(=O)NN=Cc2ccccc2OC)cc(OCC)c1OCC. The van der Waals surface area contributed by atoms with Crippen molar-refractivity contribution in [1.82, 2.24) is 10.7 Å². The van der Waals surface area contributed by atoms with E-state index in [1.807, 2.05) is 32.9 Å². The number of para-hydroxylation sites is 1. The number of hydrogen-bond acceptors (Lipinski definition) is 7. The van der Waals surface area contributed by atoms with Gasteiger partial charge >= 0.3 is 0 Å². The fourth-order valence-corrected chi connectivity index (χ4v) is 2.77. The van der Waals surface area contributed by atoms with Crippen LogP contribution in [-0.2, 0) is 4.79 Å². The van der Waals surface area contributed by atoms with Crippen LogP contribution in [-0.4, -0.2) is 51.5 Å². The van der Waals surface area contributed by atoms with Crippen molar-refractivity contribution in [3.05, 3.63) is 47.5 Å². The average molecular weight is 444 g/mol. The third kappa shape index (κ3) is 6.90. The molecule has 0 heterocycles. The van der Waals surface area contributed by atoms with Gasteiger partial charge in [-0.2, -0.15) is 5.10 Å². The van der Waals surface area contributed by atoms with Gasteiger partial charge in [0.25, 0.3) is 11.8 Å². The first-order valence-corrected chi connectivity index (χ1v) is 10.3. The highest BCUT2D eigenvalue weighted by atomic mass is 16.5. The Bertz CT molecular complexity index is 918. The van der Waals surface area contributed by atoms with Crippen molar-refractivity contribution in [2.45, 2.75) is 20.8 Å². The maximum absolute atomic E-state index is 12.6. The highest BCUT2D eigenvalue weighted by Gasteiger charge is 2.18. The molecule has 0 atom stereocenters. The van der Waals surface area contributed by atoms with Crippen molar-refractivity contribution in [2.24, 2.45) is 5.10 Å². The molecule has 9 nitrogen and oxygen atoms in total. The molecule has 0 saturated carbocycles. The summed E-state index contributed by atoms with van der Waals surface area (Å²) in [5, 5.41) is 6.46. The van der Waals surface area contributed by atoms with Gasteiger partial charge < -0.3 is 24.3 Å². The van der Waals surface area contributed by atoms with Crippen molar-refractivity contribution in [2.75, 3.05) is 33.5 Å². The largest absolute Gasteiger partial charge is 0.496 e. The van der Waals surface area contributed by atoms with Crippen LogP contribution in [0.15, 0.2) is 41.5 Å². The van der Waals surface area contributed by atoms with E-state index in [-0.39, 0.29) is 12.1 Å². The maximum Gasteiger partial charge on any atom is 0.259 e. The zero-order valence-electron chi connectivity index (χ0n) is 18.8. The molecule has 9 heteroatoms. The van der Waals surface area contributed by atoms with E-state index in [0.29, 0.717) is 48.4 Å². The van der Waals surface area contributed by atoms with Crippen LogP contribution < -0.4 is 29.7 Å². The summed E-state index contributed by atoms with van der Waals surface area (Å²) in [6.07, 6.45) is 1.47. The van der Waals surface area contributed by atoms with E-state index < -0.39 is 11.8 Å². The molecule has 172 valence electrons. The van der Waals surface area contributed by atoms with Crippen LogP contribution in [0, 0.1) is 0 Å². The lowest BCUT2D eigenvalue weighted by molar-refractivity contribution is -0.120. The minimum atomic E-state index is -0.481.